The second kappa shape index (κ2) is 9.39. The van der Waals surface area contributed by atoms with Crippen LogP contribution in [0.1, 0.15) is 17.8 Å². The number of ether oxygens (including phenoxy) is 1. The van der Waals surface area contributed by atoms with Crippen molar-refractivity contribution >= 4 is 51.5 Å². The number of nitrogens with zero attached hydrogens (tertiary/aromatic N) is 2. The van der Waals surface area contributed by atoms with E-state index < -0.39 is 5.44 Å². The van der Waals surface area contributed by atoms with Crippen molar-refractivity contribution in [2.45, 2.75) is 29.6 Å². The number of hydrogen-bond donors (Lipinski definition) is 0. The van der Waals surface area contributed by atoms with Crippen molar-refractivity contribution in [3.05, 3.63) is 47.0 Å². The second-order valence-electron chi connectivity index (χ2n) is 5.66. The van der Waals surface area contributed by atoms with E-state index >= 15 is 0 Å². The van der Waals surface area contributed by atoms with Crippen molar-refractivity contribution in [3.63, 3.8) is 0 Å². The van der Waals surface area contributed by atoms with Gasteiger partial charge < -0.3 is 4.74 Å². The first kappa shape index (κ1) is 19.2. The van der Waals surface area contributed by atoms with Crippen LogP contribution >= 0.6 is 34.9 Å². The zero-order valence-electron chi connectivity index (χ0n) is 14.7. The third kappa shape index (κ3) is 4.99. The monoisotopic (exact) mass is 404 g/mol. The highest BCUT2D eigenvalue weighted by Crippen LogP contribution is 2.26. The molecule has 0 bridgehead atoms. The summed E-state index contributed by atoms with van der Waals surface area (Å²) in [6, 6.07) is 7.84. The van der Waals surface area contributed by atoms with Crippen LogP contribution in [-0.4, -0.2) is 33.7 Å². The molecule has 0 aliphatic carbocycles. The van der Waals surface area contributed by atoms with E-state index in [9.17, 15) is 4.79 Å². The predicted molar refractivity (Wildman–Crippen MR) is 112 cm³/mol. The van der Waals surface area contributed by atoms with E-state index in [-0.39, 0.29) is 5.78 Å². The zero-order valence-corrected chi connectivity index (χ0v) is 17.1. The summed E-state index contributed by atoms with van der Waals surface area (Å²) >= 11 is 4.71. The Morgan fingerprint density at radius 3 is 2.88 bits per heavy atom. The van der Waals surface area contributed by atoms with E-state index in [1.807, 2.05) is 42.3 Å². The molecule has 1 unspecified atom stereocenters. The minimum Gasteiger partial charge on any atom is -0.472 e. The Morgan fingerprint density at radius 1 is 1.27 bits per heavy atom. The van der Waals surface area contributed by atoms with Gasteiger partial charge in [-0.2, -0.15) is 0 Å². The molecule has 2 heterocycles. The zero-order chi connectivity index (χ0) is 18.4. The van der Waals surface area contributed by atoms with Gasteiger partial charge in [-0.1, -0.05) is 0 Å². The van der Waals surface area contributed by atoms with E-state index in [0.717, 1.165) is 33.6 Å². The Kier molecular flexibility index (Phi) is 6.93. The van der Waals surface area contributed by atoms with Crippen LogP contribution in [0, 0.1) is 0 Å². The highest BCUT2D eigenvalue weighted by molar-refractivity contribution is 7.99. The molecule has 0 fully saturated rings. The number of carbonyl (C=O) groups is 1. The molecule has 7 heteroatoms. The lowest BCUT2D eigenvalue weighted by Crippen LogP contribution is -2.23. The molecule has 0 spiro atoms. The normalized spacial score (nSPS) is 12.2. The van der Waals surface area contributed by atoms with Crippen LogP contribution in [-0.2, 0) is 11.2 Å². The lowest BCUT2D eigenvalue weighted by molar-refractivity contribution is -0.122. The number of thiazole rings is 1. The molecule has 0 saturated heterocycles. The maximum absolute atomic E-state index is 12.5. The predicted octanol–water partition coefficient (Wildman–Crippen LogP) is 5.07. The maximum Gasteiger partial charge on any atom is 0.202 e. The van der Waals surface area contributed by atoms with Gasteiger partial charge in [0.2, 0.25) is 5.44 Å². The van der Waals surface area contributed by atoms with Gasteiger partial charge in [-0.15, -0.1) is 34.9 Å². The third-order valence-electron chi connectivity index (χ3n) is 3.88. The summed E-state index contributed by atoms with van der Waals surface area (Å²) in [6.45, 7) is 0. The smallest absolute Gasteiger partial charge is 0.202 e. The van der Waals surface area contributed by atoms with Gasteiger partial charge >= 0.3 is 0 Å². The number of benzene rings is 1. The Labute approximate surface area is 165 Å². The molecule has 0 aliphatic rings. The second-order valence-corrected chi connectivity index (χ2v) is 8.42. The summed E-state index contributed by atoms with van der Waals surface area (Å²) in [6.07, 6.45) is 9.72. The Morgan fingerprint density at radius 2 is 2.15 bits per heavy atom. The van der Waals surface area contributed by atoms with Crippen LogP contribution in [0.5, 0.6) is 5.75 Å². The number of carbonyl (C=O) groups excluding carboxylic acids is 1. The molecule has 0 radical (unpaired) electrons. The summed E-state index contributed by atoms with van der Waals surface area (Å²) in [5.74, 6) is 0.815. The number of hydrogen-bond acceptors (Lipinski definition) is 7. The fraction of sp³-hybridized carbons (Fsp3) is 0.316. The molecule has 3 aromatic rings. The molecule has 1 atom stereocenters. The van der Waals surface area contributed by atoms with E-state index in [0.29, 0.717) is 12.2 Å². The SMILES string of the molecule is CSc1cnc2ccc(OC(SC)C(=O)CCCc3nccs3)cc2c1. The molecule has 0 N–H and O–H groups in total. The number of thioether (sulfide) groups is 2. The van der Waals surface area contributed by atoms with Crippen LogP contribution in [0.3, 0.4) is 0 Å². The third-order valence-corrected chi connectivity index (χ3v) is 6.20. The van der Waals surface area contributed by atoms with Crippen LogP contribution in [0.4, 0.5) is 0 Å². The number of aryl methyl sites for hydroxylation is 1. The summed E-state index contributed by atoms with van der Waals surface area (Å²) in [5.41, 5.74) is 0.436. The molecular formula is C19H20N2O2S3. The van der Waals surface area contributed by atoms with Crippen LogP contribution in [0.2, 0.25) is 0 Å². The molecule has 2 aromatic heterocycles. The highest BCUT2D eigenvalue weighted by Gasteiger charge is 2.19. The van der Waals surface area contributed by atoms with Gasteiger partial charge in [-0.25, -0.2) is 4.98 Å². The highest BCUT2D eigenvalue weighted by atomic mass is 32.2. The Balaban J connectivity index is 1.62. The van der Waals surface area contributed by atoms with Crippen LogP contribution < -0.4 is 4.74 Å². The van der Waals surface area contributed by atoms with Crippen LogP contribution in [0.15, 0.2) is 46.9 Å². The quantitative estimate of drug-likeness (QED) is 0.366. The topological polar surface area (TPSA) is 52.1 Å². The van der Waals surface area contributed by atoms with Gasteiger partial charge in [0.15, 0.2) is 5.78 Å². The lowest BCUT2D eigenvalue weighted by atomic mass is 10.2. The maximum atomic E-state index is 12.5. The van der Waals surface area contributed by atoms with Gasteiger partial charge in [0.05, 0.1) is 10.5 Å². The van der Waals surface area contributed by atoms with Gasteiger partial charge in [0, 0.05) is 34.5 Å². The fourth-order valence-electron chi connectivity index (χ4n) is 2.55. The summed E-state index contributed by atoms with van der Waals surface area (Å²) in [4.78, 5) is 22.3. The molecule has 0 aliphatic heterocycles. The minimum atomic E-state index is -0.486. The summed E-state index contributed by atoms with van der Waals surface area (Å²) < 4.78 is 5.96. The molecule has 3 rings (SSSR count). The molecule has 0 amide bonds. The minimum absolute atomic E-state index is 0.116. The van der Waals surface area contributed by atoms with Crippen molar-refractivity contribution in [1.82, 2.24) is 9.97 Å². The Hall–Kier alpha value is -1.57. The molecule has 4 nitrogen and oxygen atoms in total. The van der Waals surface area contributed by atoms with E-state index in [1.165, 1.54) is 11.8 Å². The lowest BCUT2D eigenvalue weighted by Gasteiger charge is -2.16. The van der Waals surface area contributed by atoms with Crippen molar-refractivity contribution in [2.75, 3.05) is 12.5 Å². The summed E-state index contributed by atoms with van der Waals surface area (Å²) in [5, 5.41) is 4.05. The van der Waals surface area contributed by atoms with Gasteiger partial charge in [-0.3, -0.25) is 9.78 Å². The number of ketones is 1. The number of aromatic nitrogens is 2. The fourth-order valence-corrected chi connectivity index (χ4v) is 4.21. The van der Waals surface area contributed by atoms with Crippen molar-refractivity contribution in [1.29, 1.82) is 0 Å². The van der Waals surface area contributed by atoms with Crippen molar-refractivity contribution in [3.8, 4) is 5.75 Å². The first-order valence-electron chi connectivity index (χ1n) is 8.24. The molecule has 136 valence electrons. The number of pyridine rings is 1. The van der Waals surface area contributed by atoms with Gasteiger partial charge in [-0.05, 0) is 49.6 Å². The average molecular weight is 405 g/mol. The average Bonchev–Trinajstić information content (AvgIpc) is 3.18. The largest absolute Gasteiger partial charge is 0.472 e. The Bertz CT molecular complexity index is 868. The standard InChI is InChI=1S/C19H20N2O2S3/c1-24-15-11-13-10-14(6-7-16(13)21-12-15)23-19(25-2)17(22)4-3-5-18-20-8-9-26-18/h6-12,19H,3-5H2,1-2H3. The molecule has 0 saturated carbocycles. The van der Waals surface area contributed by atoms with Gasteiger partial charge in [0.1, 0.15) is 5.75 Å². The van der Waals surface area contributed by atoms with E-state index in [1.54, 1.807) is 29.3 Å². The van der Waals surface area contributed by atoms with Gasteiger partial charge in [0.25, 0.3) is 0 Å². The molecule has 1 aromatic carbocycles. The molecular weight excluding hydrogens is 384 g/mol. The van der Waals surface area contributed by atoms with Crippen molar-refractivity contribution < 1.29 is 9.53 Å². The first-order valence-corrected chi connectivity index (χ1v) is 11.6. The molecule has 26 heavy (non-hydrogen) atoms. The summed E-state index contributed by atoms with van der Waals surface area (Å²) in [7, 11) is 0. The number of fused-ring (bicyclic) bond motifs is 1. The number of Topliss-reactive ketones (excluding diaryl/α,β-unsaturated/α-hetero) is 1. The van der Waals surface area contributed by atoms with E-state index in [2.05, 4.69) is 16.0 Å². The first-order chi connectivity index (χ1) is 12.7. The van der Waals surface area contributed by atoms with Crippen LogP contribution in [0.25, 0.3) is 10.9 Å². The van der Waals surface area contributed by atoms with E-state index in [4.69, 9.17) is 4.74 Å². The van der Waals surface area contributed by atoms with Crippen molar-refractivity contribution in [2.24, 2.45) is 0 Å². The number of rotatable bonds is 9.